The number of hydrogen-bond acceptors (Lipinski definition) is 2. The molecule has 4 heteroatoms. The minimum absolute atomic E-state index is 0.425. The summed E-state index contributed by atoms with van der Waals surface area (Å²) in [4.78, 5) is 21.9. The highest BCUT2D eigenvalue weighted by molar-refractivity contribution is 6.68. The summed E-state index contributed by atoms with van der Waals surface area (Å²) in [6.45, 7) is 0. The molecule has 0 atom stereocenters. The van der Waals surface area contributed by atoms with Gasteiger partial charge < -0.3 is 0 Å². The predicted octanol–water partition coefficient (Wildman–Crippen LogP) is 3.03. The van der Waals surface area contributed by atoms with E-state index in [0.29, 0.717) is 24.0 Å². The van der Waals surface area contributed by atoms with Crippen LogP contribution >= 0.6 is 23.2 Å². The smallest absolute Gasteiger partial charge is 0.248 e. The molecule has 2 rings (SSSR count). The van der Waals surface area contributed by atoms with Crippen LogP contribution in [0.4, 0.5) is 0 Å². The van der Waals surface area contributed by atoms with Crippen molar-refractivity contribution in [3.63, 3.8) is 0 Å². The quantitative estimate of drug-likeness (QED) is 0.726. The molecule has 0 aromatic carbocycles. The molecule has 0 aromatic rings. The van der Waals surface area contributed by atoms with Crippen molar-refractivity contribution >= 4 is 33.7 Å². The van der Waals surface area contributed by atoms with E-state index in [2.05, 4.69) is 0 Å². The molecule has 0 radical (unpaired) electrons. The maximum absolute atomic E-state index is 10.9. The lowest BCUT2D eigenvalue weighted by molar-refractivity contribution is -0.109. The van der Waals surface area contributed by atoms with E-state index in [4.69, 9.17) is 23.2 Å². The predicted molar refractivity (Wildman–Crippen MR) is 63.3 cm³/mol. The van der Waals surface area contributed by atoms with Gasteiger partial charge in [-0.05, 0) is 34.3 Å². The average Bonchev–Trinajstić information content (AvgIpc) is 2.86. The van der Waals surface area contributed by atoms with E-state index in [9.17, 15) is 9.59 Å². The van der Waals surface area contributed by atoms with Crippen LogP contribution in [0, 0.1) is 0 Å². The second-order valence-corrected chi connectivity index (χ2v) is 4.36. The maximum Gasteiger partial charge on any atom is 0.248 e. The molecule has 0 aromatic heterocycles. The molecule has 16 heavy (non-hydrogen) atoms. The Hall–Kier alpha value is -1.12. The Morgan fingerprint density at radius 3 is 1.44 bits per heavy atom. The molecule has 82 valence electrons. The normalized spacial score (nSPS) is 18.9. The Balaban J connectivity index is 2.01. The summed E-state index contributed by atoms with van der Waals surface area (Å²) in [6, 6.07) is 0. The topological polar surface area (TPSA) is 34.1 Å². The molecule has 0 spiro atoms. The zero-order valence-electron chi connectivity index (χ0n) is 8.30. The molecule has 0 fully saturated rings. The van der Waals surface area contributed by atoms with E-state index >= 15 is 0 Å². The highest BCUT2D eigenvalue weighted by Crippen LogP contribution is 2.33. The average molecular weight is 255 g/mol. The first kappa shape index (κ1) is 11.4. The summed E-state index contributed by atoms with van der Waals surface area (Å²) in [6.07, 6.45) is 8.21. The highest BCUT2D eigenvalue weighted by Gasteiger charge is 2.20. The molecule has 0 heterocycles. The van der Waals surface area contributed by atoms with Crippen molar-refractivity contribution in [2.24, 2.45) is 0 Å². The van der Waals surface area contributed by atoms with Gasteiger partial charge in [0.2, 0.25) is 10.5 Å². The zero-order valence-corrected chi connectivity index (χ0v) is 9.81. The number of rotatable bonds is 3. The van der Waals surface area contributed by atoms with Crippen LogP contribution < -0.4 is 0 Å². The summed E-state index contributed by atoms with van der Waals surface area (Å²) in [5.41, 5.74) is 3.22. The van der Waals surface area contributed by atoms with E-state index in [-0.39, 0.29) is 0 Å². The van der Waals surface area contributed by atoms with Gasteiger partial charge in [-0.15, -0.1) is 0 Å². The standard InChI is InChI=1S/C12H8Cl2O2/c13-11(15)9-3-1-7(5-9)8-2-4-10(6-8)12(14)16/h1-4H,5-6H2. The van der Waals surface area contributed by atoms with Crippen LogP contribution in [0.5, 0.6) is 0 Å². The molecule has 2 nitrogen and oxygen atoms in total. The van der Waals surface area contributed by atoms with E-state index in [1.54, 1.807) is 12.2 Å². The van der Waals surface area contributed by atoms with Crippen molar-refractivity contribution in [1.82, 2.24) is 0 Å². The fraction of sp³-hybridized carbons (Fsp3) is 0.167. The SMILES string of the molecule is O=C(Cl)C1=CC=C(C2=CC=C(C(=O)Cl)C2)C1. The Morgan fingerprint density at radius 2 is 1.19 bits per heavy atom. The molecule has 2 aliphatic carbocycles. The second-order valence-electron chi connectivity index (χ2n) is 3.67. The lowest BCUT2D eigenvalue weighted by atomic mass is 10.0. The molecular weight excluding hydrogens is 247 g/mol. The van der Waals surface area contributed by atoms with Gasteiger partial charge in [-0.25, -0.2) is 0 Å². The van der Waals surface area contributed by atoms with E-state index in [0.717, 1.165) is 11.1 Å². The van der Waals surface area contributed by atoms with Crippen LogP contribution in [0.25, 0.3) is 0 Å². The second kappa shape index (κ2) is 4.40. The highest BCUT2D eigenvalue weighted by atomic mass is 35.5. The first-order valence-electron chi connectivity index (χ1n) is 4.77. The van der Waals surface area contributed by atoms with Crippen LogP contribution in [-0.4, -0.2) is 10.5 Å². The van der Waals surface area contributed by atoms with Crippen molar-refractivity contribution in [2.75, 3.05) is 0 Å². The lowest BCUT2D eigenvalue weighted by Gasteiger charge is -2.04. The minimum atomic E-state index is -0.425. The maximum atomic E-state index is 10.9. The molecule has 2 aliphatic rings. The van der Waals surface area contributed by atoms with Crippen molar-refractivity contribution in [1.29, 1.82) is 0 Å². The third kappa shape index (κ3) is 2.18. The summed E-state index contributed by atoms with van der Waals surface area (Å²) >= 11 is 10.8. The van der Waals surface area contributed by atoms with Gasteiger partial charge in [0.05, 0.1) is 0 Å². The third-order valence-corrected chi connectivity index (χ3v) is 3.14. The largest absolute Gasteiger partial charge is 0.276 e. The molecule has 0 saturated carbocycles. The summed E-state index contributed by atoms with van der Waals surface area (Å²) in [5, 5.41) is -0.849. The van der Waals surface area contributed by atoms with E-state index in [1.165, 1.54) is 0 Å². The fourth-order valence-corrected chi connectivity index (χ4v) is 2.02. The molecule has 0 bridgehead atoms. The van der Waals surface area contributed by atoms with E-state index < -0.39 is 10.5 Å². The Morgan fingerprint density at radius 1 is 0.812 bits per heavy atom. The Bertz CT molecular complexity index is 447. The summed E-state index contributed by atoms with van der Waals surface area (Å²) in [7, 11) is 0. The van der Waals surface area contributed by atoms with Gasteiger partial charge in [0.25, 0.3) is 0 Å². The van der Waals surface area contributed by atoms with Gasteiger partial charge in [0, 0.05) is 24.0 Å². The van der Waals surface area contributed by atoms with Gasteiger partial charge in [0.1, 0.15) is 0 Å². The van der Waals surface area contributed by atoms with Crippen LogP contribution in [0.3, 0.4) is 0 Å². The number of carbonyl (C=O) groups is 2. The van der Waals surface area contributed by atoms with Crippen LogP contribution in [0.15, 0.2) is 46.6 Å². The third-order valence-electron chi connectivity index (χ3n) is 2.65. The Labute approximate surface area is 103 Å². The van der Waals surface area contributed by atoms with Crippen LogP contribution in [0.2, 0.25) is 0 Å². The molecule has 0 N–H and O–H groups in total. The molecule has 0 aliphatic heterocycles. The van der Waals surface area contributed by atoms with Gasteiger partial charge >= 0.3 is 0 Å². The van der Waals surface area contributed by atoms with Gasteiger partial charge in [-0.1, -0.05) is 24.3 Å². The Kier molecular flexibility index (Phi) is 3.13. The van der Waals surface area contributed by atoms with Crippen LogP contribution in [0.1, 0.15) is 12.8 Å². The van der Waals surface area contributed by atoms with E-state index in [1.807, 2.05) is 12.2 Å². The molecule has 0 unspecified atom stereocenters. The van der Waals surface area contributed by atoms with Crippen molar-refractivity contribution in [3.8, 4) is 0 Å². The first-order chi connectivity index (χ1) is 7.58. The monoisotopic (exact) mass is 254 g/mol. The van der Waals surface area contributed by atoms with Crippen molar-refractivity contribution in [2.45, 2.75) is 12.8 Å². The first-order valence-corrected chi connectivity index (χ1v) is 5.53. The van der Waals surface area contributed by atoms with Gasteiger partial charge in [-0.3, -0.25) is 9.59 Å². The number of halogens is 2. The molecule has 0 amide bonds. The number of allylic oxidation sites excluding steroid dienone is 8. The fourth-order valence-electron chi connectivity index (χ4n) is 1.76. The van der Waals surface area contributed by atoms with Crippen molar-refractivity contribution < 1.29 is 9.59 Å². The number of hydrogen-bond donors (Lipinski definition) is 0. The molecule has 0 saturated heterocycles. The summed E-state index contributed by atoms with van der Waals surface area (Å²) < 4.78 is 0. The number of carbonyl (C=O) groups excluding carboxylic acids is 2. The minimum Gasteiger partial charge on any atom is -0.276 e. The van der Waals surface area contributed by atoms with Crippen LogP contribution in [-0.2, 0) is 9.59 Å². The summed E-state index contributed by atoms with van der Waals surface area (Å²) in [5.74, 6) is 0. The van der Waals surface area contributed by atoms with Gasteiger partial charge in [0.15, 0.2) is 0 Å². The lowest BCUT2D eigenvalue weighted by Crippen LogP contribution is -1.95. The van der Waals surface area contributed by atoms with Crippen molar-refractivity contribution in [3.05, 3.63) is 46.6 Å². The molecular formula is C12H8Cl2O2. The van der Waals surface area contributed by atoms with Gasteiger partial charge in [-0.2, -0.15) is 0 Å². The zero-order chi connectivity index (χ0) is 11.7.